The van der Waals surface area contributed by atoms with Gasteiger partial charge in [-0.2, -0.15) is 0 Å². The fourth-order valence-corrected chi connectivity index (χ4v) is 5.31. The summed E-state index contributed by atoms with van der Waals surface area (Å²) in [4.78, 5) is 39.4. The lowest BCUT2D eigenvalue weighted by Gasteiger charge is -2.19. The van der Waals surface area contributed by atoms with Crippen molar-refractivity contribution in [2.75, 3.05) is 17.3 Å². The van der Waals surface area contributed by atoms with Crippen LogP contribution in [0.15, 0.2) is 108 Å². The van der Waals surface area contributed by atoms with Crippen LogP contribution in [0.2, 0.25) is 10.0 Å². The quantitative estimate of drug-likeness (QED) is 0.166. The van der Waals surface area contributed by atoms with Gasteiger partial charge in [-0.1, -0.05) is 99.8 Å². The summed E-state index contributed by atoms with van der Waals surface area (Å²) in [5, 5.41) is 6.83. The molecule has 0 saturated heterocycles. The zero-order chi connectivity index (χ0) is 28.9. The molecule has 3 amide bonds. The molecule has 0 spiro atoms. The third-order valence-corrected chi connectivity index (χ3v) is 7.51. The monoisotopic (exact) mass is 648 g/mol. The van der Waals surface area contributed by atoms with Crippen molar-refractivity contribution < 1.29 is 14.4 Å². The first-order chi connectivity index (χ1) is 19.8. The van der Waals surface area contributed by atoms with Crippen molar-refractivity contribution in [2.45, 2.75) is 5.92 Å². The number of nitrogens with zero attached hydrogens (tertiary/aromatic N) is 1. The Morgan fingerprint density at radius 2 is 1.44 bits per heavy atom. The standard InChI is InChI=1S/C31H23BrCl2N4O3/c32-22-11-14-27-21(15-22)16-28(29(39)36-26-13-12-23(33)17-25(26)34)38(27)37-31(41)30(40)35-18-24(19-7-3-1-4-8-19)20-9-5-2-6-10-20/h1-17,24H,18H2,(H,35,40)(H,36,39)(H,37,41). The molecule has 0 unspecified atom stereocenters. The molecule has 0 saturated carbocycles. The van der Waals surface area contributed by atoms with Crippen LogP contribution in [0.5, 0.6) is 0 Å². The van der Waals surface area contributed by atoms with Gasteiger partial charge in [-0.05, 0) is 53.6 Å². The summed E-state index contributed by atoms with van der Waals surface area (Å²) in [5.41, 5.74) is 5.54. The fourth-order valence-electron chi connectivity index (χ4n) is 4.48. The molecular weight excluding hydrogens is 627 g/mol. The average molecular weight is 650 g/mol. The summed E-state index contributed by atoms with van der Waals surface area (Å²) in [6, 6.07) is 31.1. The van der Waals surface area contributed by atoms with Crippen molar-refractivity contribution in [1.82, 2.24) is 9.99 Å². The predicted octanol–water partition coefficient (Wildman–Crippen LogP) is 6.98. The molecule has 1 heterocycles. The number of benzene rings is 4. The van der Waals surface area contributed by atoms with E-state index >= 15 is 0 Å². The van der Waals surface area contributed by atoms with E-state index < -0.39 is 17.7 Å². The van der Waals surface area contributed by atoms with Crippen LogP contribution < -0.4 is 16.1 Å². The van der Waals surface area contributed by atoms with Gasteiger partial charge in [0.05, 0.1) is 16.2 Å². The van der Waals surface area contributed by atoms with Gasteiger partial charge in [-0.25, -0.2) is 4.68 Å². The van der Waals surface area contributed by atoms with Crippen molar-refractivity contribution in [2.24, 2.45) is 0 Å². The third-order valence-electron chi connectivity index (χ3n) is 6.47. The van der Waals surface area contributed by atoms with E-state index in [1.807, 2.05) is 60.7 Å². The van der Waals surface area contributed by atoms with E-state index in [0.717, 1.165) is 15.6 Å². The van der Waals surface area contributed by atoms with Crippen molar-refractivity contribution in [1.29, 1.82) is 0 Å². The Hall–Kier alpha value is -4.11. The van der Waals surface area contributed by atoms with E-state index in [4.69, 9.17) is 23.2 Å². The first-order valence-corrected chi connectivity index (χ1v) is 14.1. The maximum atomic E-state index is 13.3. The Labute approximate surface area is 254 Å². The number of fused-ring (bicyclic) bond motifs is 1. The second-order valence-corrected chi connectivity index (χ2v) is 10.9. The maximum absolute atomic E-state index is 13.3. The lowest BCUT2D eigenvalue weighted by atomic mass is 9.91. The molecule has 5 rings (SSSR count). The molecule has 7 nitrogen and oxygen atoms in total. The lowest BCUT2D eigenvalue weighted by Crippen LogP contribution is -2.41. The van der Waals surface area contributed by atoms with Crippen LogP contribution in [-0.2, 0) is 9.59 Å². The molecule has 0 aliphatic heterocycles. The Bertz CT molecular complexity index is 1700. The number of anilines is 1. The summed E-state index contributed by atoms with van der Waals surface area (Å²) >= 11 is 15.6. The fraction of sp³-hybridized carbons (Fsp3) is 0.0645. The van der Waals surface area contributed by atoms with Crippen molar-refractivity contribution in [3.05, 3.63) is 134 Å². The van der Waals surface area contributed by atoms with E-state index in [0.29, 0.717) is 21.6 Å². The normalized spacial score (nSPS) is 10.9. The van der Waals surface area contributed by atoms with Crippen LogP contribution in [0.1, 0.15) is 27.5 Å². The zero-order valence-corrected chi connectivity index (χ0v) is 24.5. The van der Waals surface area contributed by atoms with Crippen LogP contribution >= 0.6 is 39.1 Å². The van der Waals surface area contributed by atoms with Crippen LogP contribution in [0.4, 0.5) is 5.69 Å². The van der Waals surface area contributed by atoms with Crippen molar-refractivity contribution in [3.8, 4) is 0 Å². The highest BCUT2D eigenvalue weighted by atomic mass is 79.9. The number of halogens is 3. The molecule has 0 radical (unpaired) electrons. The molecule has 3 N–H and O–H groups in total. The molecule has 0 atom stereocenters. The molecule has 5 aromatic rings. The number of rotatable bonds is 7. The minimum atomic E-state index is -0.927. The van der Waals surface area contributed by atoms with Gasteiger partial charge < -0.3 is 10.6 Å². The summed E-state index contributed by atoms with van der Waals surface area (Å²) in [6.45, 7) is 0.196. The minimum Gasteiger partial charge on any atom is -0.347 e. The molecule has 0 aliphatic carbocycles. The highest BCUT2D eigenvalue weighted by Gasteiger charge is 2.23. The van der Waals surface area contributed by atoms with E-state index in [1.165, 1.54) is 10.7 Å². The molecule has 4 aromatic carbocycles. The summed E-state index contributed by atoms with van der Waals surface area (Å²) < 4.78 is 2.07. The van der Waals surface area contributed by atoms with E-state index in [2.05, 4.69) is 32.0 Å². The smallest absolute Gasteiger partial charge is 0.328 e. The topological polar surface area (TPSA) is 92.2 Å². The SMILES string of the molecule is O=C(NCC(c1ccccc1)c1ccccc1)C(=O)Nn1c(C(=O)Nc2ccc(Cl)cc2Cl)cc2cc(Br)ccc21. The lowest BCUT2D eigenvalue weighted by molar-refractivity contribution is -0.136. The first kappa shape index (κ1) is 28.4. The second-order valence-electron chi connectivity index (χ2n) is 9.17. The van der Waals surface area contributed by atoms with Gasteiger partial charge in [0, 0.05) is 27.3 Å². The van der Waals surface area contributed by atoms with Crippen molar-refractivity contribution >= 4 is 73.4 Å². The number of amides is 3. The van der Waals surface area contributed by atoms with Gasteiger partial charge in [0.1, 0.15) is 5.69 Å². The van der Waals surface area contributed by atoms with Crippen LogP contribution in [0, 0.1) is 0 Å². The minimum absolute atomic E-state index is 0.0942. The number of hydrogen-bond donors (Lipinski definition) is 3. The second kappa shape index (κ2) is 12.6. The molecule has 0 fully saturated rings. The van der Waals surface area contributed by atoms with E-state index in [1.54, 1.807) is 36.4 Å². The number of aromatic nitrogens is 1. The molecule has 0 bridgehead atoms. The molecule has 1 aromatic heterocycles. The number of hydrogen-bond acceptors (Lipinski definition) is 3. The van der Waals surface area contributed by atoms with Gasteiger partial charge in [-0.3, -0.25) is 19.8 Å². The Kier molecular flexibility index (Phi) is 8.73. The zero-order valence-electron chi connectivity index (χ0n) is 21.4. The number of nitrogens with one attached hydrogen (secondary N) is 3. The number of carbonyl (C=O) groups excluding carboxylic acids is 3. The Morgan fingerprint density at radius 3 is 2.07 bits per heavy atom. The Balaban J connectivity index is 1.37. The highest BCUT2D eigenvalue weighted by Crippen LogP contribution is 2.28. The Morgan fingerprint density at radius 1 is 0.780 bits per heavy atom. The molecule has 10 heteroatoms. The van der Waals surface area contributed by atoms with Gasteiger partial charge >= 0.3 is 11.8 Å². The third kappa shape index (κ3) is 6.62. The largest absolute Gasteiger partial charge is 0.347 e. The van der Waals surface area contributed by atoms with Crippen LogP contribution in [0.25, 0.3) is 10.9 Å². The van der Waals surface area contributed by atoms with Gasteiger partial charge in [0.25, 0.3) is 5.91 Å². The highest BCUT2D eigenvalue weighted by molar-refractivity contribution is 9.10. The summed E-state index contributed by atoms with van der Waals surface area (Å²) in [5.74, 6) is -2.48. The first-order valence-electron chi connectivity index (χ1n) is 12.6. The molecule has 0 aliphatic rings. The van der Waals surface area contributed by atoms with Gasteiger partial charge in [-0.15, -0.1) is 0 Å². The van der Waals surface area contributed by atoms with Crippen LogP contribution in [0.3, 0.4) is 0 Å². The molecule has 41 heavy (non-hydrogen) atoms. The van der Waals surface area contributed by atoms with Crippen molar-refractivity contribution in [3.63, 3.8) is 0 Å². The summed E-state index contributed by atoms with van der Waals surface area (Å²) in [6.07, 6.45) is 0. The average Bonchev–Trinajstić information content (AvgIpc) is 3.32. The molecular formula is C31H23BrCl2N4O3. The molecule has 206 valence electrons. The summed E-state index contributed by atoms with van der Waals surface area (Å²) in [7, 11) is 0. The van der Waals surface area contributed by atoms with Crippen LogP contribution in [-0.4, -0.2) is 28.9 Å². The van der Waals surface area contributed by atoms with Gasteiger partial charge in [0.2, 0.25) is 0 Å². The predicted molar refractivity (Wildman–Crippen MR) is 166 cm³/mol. The maximum Gasteiger partial charge on any atom is 0.328 e. The number of carbonyl (C=O) groups is 3. The van der Waals surface area contributed by atoms with E-state index in [-0.39, 0.29) is 23.2 Å². The van der Waals surface area contributed by atoms with Gasteiger partial charge in [0.15, 0.2) is 0 Å². The van der Waals surface area contributed by atoms with E-state index in [9.17, 15) is 14.4 Å².